The van der Waals surface area contributed by atoms with E-state index >= 15 is 0 Å². The Labute approximate surface area is 127 Å². The molecule has 0 saturated carbocycles. The Morgan fingerprint density at radius 1 is 1.00 bits per heavy atom. The molecule has 1 aromatic carbocycles. The first kappa shape index (κ1) is 15.5. The van der Waals surface area contributed by atoms with Gasteiger partial charge in [0.15, 0.2) is 0 Å². The zero-order valence-corrected chi connectivity index (χ0v) is 13.3. The first-order chi connectivity index (χ1) is 9.99. The molecule has 0 saturated heterocycles. The number of ether oxygens (including phenoxy) is 1. The number of hydrogen-bond acceptors (Lipinski definition) is 3. The number of nitrogens with one attached hydrogen (secondary N) is 1. The van der Waals surface area contributed by atoms with Gasteiger partial charge >= 0.3 is 0 Å². The predicted octanol–water partition coefficient (Wildman–Crippen LogP) is 3.68. The SMILES string of the molecule is CNCc1cccc(COc2ccc(C(C)(C)C)cc2)n1. The Balaban J connectivity index is 1.98. The zero-order chi connectivity index (χ0) is 15.3. The van der Waals surface area contributed by atoms with Crippen LogP contribution in [0.3, 0.4) is 0 Å². The summed E-state index contributed by atoms with van der Waals surface area (Å²) in [6.07, 6.45) is 0. The number of benzene rings is 1. The summed E-state index contributed by atoms with van der Waals surface area (Å²) >= 11 is 0. The molecule has 2 rings (SSSR count). The van der Waals surface area contributed by atoms with Gasteiger partial charge in [-0.25, -0.2) is 0 Å². The monoisotopic (exact) mass is 284 g/mol. The van der Waals surface area contributed by atoms with Crippen molar-refractivity contribution in [2.24, 2.45) is 0 Å². The van der Waals surface area contributed by atoms with E-state index in [0.29, 0.717) is 6.61 Å². The van der Waals surface area contributed by atoms with Crippen LogP contribution in [-0.4, -0.2) is 12.0 Å². The van der Waals surface area contributed by atoms with Crippen molar-refractivity contribution in [1.29, 1.82) is 0 Å². The fourth-order valence-electron chi connectivity index (χ4n) is 2.10. The standard InChI is InChI=1S/C18H24N2O/c1-18(2,3)14-8-10-17(11-9-14)21-13-16-7-5-6-15(20-16)12-19-4/h5-11,19H,12-13H2,1-4H3. The second-order valence-electron chi connectivity index (χ2n) is 6.21. The van der Waals surface area contributed by atoms with E-state index in [9.17, 15) is 0 Å². The van der Waals surface area contributed by atoms with Crippen molar-refractivity contribution in [3.05, 3.63) is 59.4 Å². The maximum atomic E-state index is 5.81. The fraction of sp³-hybridized carbons (Fsp3) is 0.389. The average molecular weight is 284 g/mol. The third-order valence-electron chi connectivity index (χ3n) is 3.33. The summed E-state index contributed by atoms with van der Waals surface area (Å²) in [5, 5.41) is 3.10. The molecule has 112 valence electrons. The van der Waals surface area contributed by atoms with E-state index in [-0.39, 0.29) is 5.41 Å². The van der Waals surface area contributed by atoms with Gasteiger partial charge in [0.05, 0.1) is 11.4 Å². The molecule has 3 heteroatoms. The molecule has 0 aliphatic heterocycles. The summed E-state index contributed by atoms with van der Waals surface area (Å²) in [4.78, 5) is 4.55. The summed E-state index contributed by atoms with van der Waals surface area (Å²) in [5.74, 6) is 0.879. The van der Waals surface area contributed by atoms with Gasteiger partial charge in [0, 0.05) is 6.54 Å². The van der Waals surface area contributed by atoms with E-state index in [0.717, 1.165) is 23.7 Å². The molecule has 21 heavy (non-hydrogen) atoms. The minimum Gasteiger partial charge on any atom is -0.487 e. The van der Waals surface area contributed by atoms with Gasteiger partial charge in [-0.3, -0.25) is 4.98 Å². The molecule has 0 amide bonds. The maximum absolute atomic E-state index is 5.81. The molecule has 1 N–H and O–H groups in total. The van der Waals surface area contributed by atoms with Crippen LogP contribution in [0.4, 0.5) is 0 Å². The Morgan fingerprint density at radius 2 is 1.67 bits per heavy atom. The molecule has 2 aromatic rings. The van der Waals surface area contributed by atoms with Crippen LogP contribution in [0.2, 0.25) is 0 Å². The molecular formula is C18H24N2O. The second kappa shape index (κ2) is 6.72. The summed E-state index contributed by atoms with van der Waals surface area (Å²) in [7, 11) is 1.92. The quantitative estimate of drug-likeness (QED) is 0.909. The van der Waals surface area contributed by atoms with Crippen molar-refractivity contribution in [1.82, 2.24) is 10.3 Å². The molecule has 0 fully saturated rings. The highest BCUT2D eigenvalue weighted by molar-refractivity contribution is 5.31. The van der Waals surface area contributed by atoms with E-state index in [2.05, 4.69) is 43.2 Å². The van der Waals surface area contributed by atoms with Crippen molar-refractivity contribution in [2.45, 2.75) is 39.3 Å². The van der Waals surface area contributed by atoms with E-state index in [1.165, 1.54) is 5.56 Å². The Hall–Kier alpha value is -1.87. The third-order valence-corrected chi connectivity index (χ3v) is 3.33. The van der Waals surface area contributed by atoms with Crippen LogP contribution in [0.15, 0.2) is 42.5 Å². The number of aromatic nitrogens is 1. The number of hydrogen-bond donors (Lipinski definition) is 1. The van der Waals surface area contributed by atoms with Crippen molar-refractivity contribution < 1.29 is 4.74 Å². The van der Waals surface area contributed by atoms with E-state index < -0.39 is 0 Å². The second-order valence-corrected chi connectivity index (χ2v) is 6.21. The highest BCUT2D eigenvalue weighted by atomic mass is 16.5. The van der Waals surface area contributed by atoms with Crippen LogP contribution in [-0.2, 0) is 18.6 Å². The van der Waals surface area contributed by atoms with E-state index in [1.807, 2.05) is 37.4 Å². The van der Waals surface area contributed by atoms with Crippen LogP contribution in [0.5, 0.6) is 5.75 Å². The van der Waals surface area contributed by atoms with Crippen molar-refractivity contribution in [3.63, 3.8) is 0 Å². The molecule has 0 unspecified atom stereocenters. The molecule has 0 aliphatic rings. The van der Waals surface area contributed by atoms with Gasteiger partial charge in [0.25, 0.3) is 0 Å². The minimum absolute atomic E-state index is 0.168. The lowest BCUT2D eigenvalue weighted by molar-refractivity contribution is 0.300. The number of nitrogens with zero attached hydrogens (tertiary/aromatic N) is 1. The first-order valence-electron chi connectivity index (χ1n) is 7.32. The Morgan fingerprint density at radius 3 is 2.29 bits per heavy atom. The van der Waals surface area contributed by atoms with Gasteiger partial charge in [-0.2, -0.15) is 0 Å². The highest BCUT2D eigenvalue weighted by Crippen LogP contribution is 2.24. The van der Waals surface area contributed by atoms with Gasteiger partial charge in [-0.15, -0.1) is 0 Å². The van der Waals surface area contributed by atoms with Crippen molar-refractivity contribution in [3.8, 4) is 5.75 Å². The smallest absolute Gasteiger partial charge is 0.130 e. The van der Waals surface area contributed by atoms with E-state index in [1.54, 1.807) is 0 Å². The molecule has 0 atom stereocenters. The van der Waals surface area contributed by atoms with Crippen LogP contribution >= 0.6 is 0 Å². The fourth-order valence-corrected chi connectivity index (χ4v) is 2.10. The van der Waals surface area contributed by atoms with E-state index in [4.69, 9.17) is 4.74 Å². The maximum Gasteiger partial charge on any atom is 0.130 e. The van der Waals surface area contributed by atoms with Gasteiger partial charge in [0.1, 0.15) is 12.4 Å². The number of pyridine rings is 1. The molecule has 0 radical (unpaired) electrons. The first-order valence-corrected chi connectivity index (χ1v) is 7.32. The van der Waals surface area contributed by atoms with Crippen LogP contribution in [0.1, 0.15) is 37.7 Å². The van der Waals surface area contributed by atoms with Gasteiger partial charge < -0.3 is 10.1 Å². The molecule has 1 heterocycles. The molecule has 0 spiro atoms. The third kappa shape index (κ3) is 4.57. The van der Waals surface area contributed by atoms with Gasteiger partial charge in [-0.1, -0.05) is 39.0 Å². The van der Waals surface area contributed by atoms with Gasteiger partial charge in [-0.05, 0) is 42.3 Å². The highest BCUT2D eigenvalue weighted by Gasteiger charge is 2.12. The average Bonchev–Trinajstić information content (AvgIpc) is 2.45. The predicted molar refractivity (Wildman–Crippen MR) is 86.5 cm³/mol. The summed E-state index contributed by atoms with van der Waals surface area (Å²) in [5.41, 5.74) is 3.45. The van der Waals surface area contributed by atoms with Gasteiger partial charge in [0.2, 0.25) is 0 Å². The minimum atomic E-state index is 0.168. The normalized spacial score (nSPS) is 11.4. The molecule has 0 aliphatic carbocycles. The van der Waals surface area contributed by atoms with Crippen molar-refractivity contribution >= 4 is 0 Å². The Kier molecular flexibility index (Phi) is 4.97. The zero-order valence-electron chi connectivity index (χ0n) is 13.3. The van der Waals surface area contributed by atoms with Crippen molar-refractivity contribution in [2.75, 3.05) is 7.05 Å². The Bertz CT molecular complexity index is 571. The topological polar surface area (TPSA) is 34.1 Å². The van der Waals surface area contributed by atoms with Crippen LogP contribution in [0.25, 0.3) is 0 Å². The lowest BCUT2D eigenvalue weighted by Crippen LogP contribution is -2.10. The lowest BCUT2D eigenvalue weighted by Gasteiger charge is -2.19. The van der Waals surface area contributed by atoms with Crippen LogP contribution in [0, 0.1) is 0 Å². The summed E-state index contributed by atoms with van der Waals surface area (Å²) in [6.45, 7) is 7.89. The summed E-state index contributed by atoms with van der Waals surface area (Å²) in [6, 6.07) is 14.3. The number of rotatable bonds is 5. The van der Waals surface area contributed by atoms with Crippen LogP contribution < -0.4 is 10.1 Å². The lowest BCUT2D eigenvalue weighted by atomic mass is 9.87. The molecule has 1 aromatic heterocycles. The summed E-state index contributed by atoms with van der Waals surface area (Å²) < 4.78 is 5.81. The molecular weight excluding hydrogens is 260 g/mol. The molecule has 0 bridgehead atoms. The largest absolute Gasteiger partial charge is 0.487 e. The molecule has 3 nitrogen and oxygen atoms in total.